The molecule has 0 spiro atoms. The number of anilines is 1. The lowest BCUT2D eigenvalue weighted by molar-refractivity contribution is -0.122. The number of aliphatic hydroxyl groups excluding tert-OH is 1. The number of methoxy groups -OCH3 is 1. The number of nitrogen functional groups attached to an aromatic ring is 1. The van der Waals surface area contributed by atoms with Gasteiger partial charge in [0.1, 0.15) is 0 Å². The molecule has 0 saturated heterocycles. The maximum Gasteiger partial charge on any atom is 0.234 e. The average molecular weight is 281 g/mol. The van der Waals surface area contributed by atoms with E-state index in [1.807, 2.05) is 12.1 Å². The van der Waals surface area contributed by atoms with E-state index in [0.717, 1.165) is 0 Å². The van der Waals surface area contributed by atoms with Crippen molar-refractivity contribution in [2.24, 2.45) is 0 Å². The van der Waals surface area contributed by atoms with E-state index < -0.39 is 6.10 Å². The fourth-order valence-corrected chi connectivity index (χ4v) is 1.87. The zero-order chi connectivity index (χ0) is 15.0. The number of hydrogen-bond acceptors (Lipinski definition) is 5. The van der Waals surface area contributed by atoms with Crippen LogP contribution in [0.1, 0.15) is 11.7 Å². The van der Waals surface area contributed by atoms with Crippen molar-refractivity contribution in [3.05, 3.63) is 29.8 Å². The summed E-state index contributed by atoms with van der Waals surface area (Å²) in [5.74, 6) is -0.0993. The highest BCUT2D eigenvalue weighted by atomic mass is 16.5. The zero-order valence-corrected chi connectivity index (χ0v) is 12.0. The summed E-state index contributed by atoms with van der Waals surface area (Å²) < 4.78 is 4.85. The Morgan fingerprint density at radius 1 is 1.50 bits per heavy atom. The second-order valence-electron chi connectivity index (χ2n) is 4.68. The molecule has 0 bridgehead atoms. The molecule has 1 aromatic rings. The van der Waals surface area contributed by atoms with Crippen LogP contribution in [0, 0.1) is 0 Å². The number of aliphatic hydroxyl groups is 1. The molecule has 6 heteroatoms. The van der Waals surface area contributed by atoms with Gasteiger partial charge in [-0.3, -0.25) is 9.69 Å². The standard InChI is InChI=1S/C14H23N3O3/c1-17(10-14(19)16-7-8-20-2)9-13(18)11-5-3-4-6-12(11)15/h3-6,13,18H,7-10,15H2,1-2H3,(H,16,19). The van der Waals surface area contributed by atoms with Crippen LogP contribution in [0.3, 0.4) is 0 Å². The van der Waals surface area contributed by atoms with E-state index in [1.54, 1.807) is 31.2 Å². The van der Waals surface area contributed by atoms with Crippen LogP contribution in [0.5, 0.6) is 0 Å². The maximum atomic E-state index is 11.6. The molecule has 1 rings (SSSR count). The van der Waals surface area contributed by atoms with Crippen LogP contribution in [-0.2, 0) is 9.53 Å². The summed E-state index contributed by atoms with van der Waals surface area (Å²) in [6, 6.07) is 7.17. The Morgan fingerprint density at radius 3 is 2.85 bits per heavy atom. The van der Waals surface area contributed by atoms with Gasteiger partial charge in [0.05, 0.1) is 19.3 Å². The van der Waals surface area contributed by atoms with E-state index >= 15 is 0 Å². The lowest BCUT2D eigenvalue weighted by Crippen LogP contribution is -2.38. The second-order valence-corrected chi connectivity index (χ2v) is 4.68. The third kappa shape index (κ3) is 5.56. The molecular weight excluding hydrogens is 258 g/mol. The van der Waals surface area contributed by atoms with E-state index in [2.05, 4.69) is 5.32 Å². The number of hydrogen-bond donors (Lipinski definition) is 3. The highest BCUT2D eigenvalue weighted by Crippen LogP contribution is 2.20. The predicted octanol–water partition coefficient (Wildman–Crippen LogP) is -0.00340. The van der Waals surface area contributed by atoms with Crippen molar-refractivity contribution in [1.29, 1.82) is 0 Å². The molecule has 1 atom stereocenters. The number of para-hydroxylation sites is 1. The third-order valence-electron chi connectivity index (χ3n) is 2.88. The SMILES string of the molecule is COCCNC(=O)CN(C)CC(O)c1ccccc1N. The Bertz CT molecular complexity index is 426. The summed E-state index contributed by atoms with van der Waals surface area (Å²) in [5, 5.41) is 12.9. The summed E-state index contributed by atoms with van der Waals surface area (Å²) in [5.41, 5.74) is 7.04. The lowest BCUT2D eigenvalue weighted by Gasteiger charge is -2.21. The summed E-state index contributed by atoms with van der Waals surface area (Å²) in [4.78, 5) is 13.3. The first-order valence-electron chi connectivity index (χ1n) is 6.51. The monoisotopic (exact) mass is 281 g/mol. The van der Waals surface area contributed by atoms with Crippen LogP contribution in [0.2, 0.25) is 0 Å². The number of amides is 1. The molecule has 0 heterocycles. The first-order chi connectivity index (χ1) is 9.54. The minimum absolute atomic E-state index is 0.0993. The molecule has 0 radical (unpaired) electrons. The minimum Gasteiger partial charge on any atom is -0.398 e. The number of nitrogens with zero attached hydrogens (tertiary/aromatic N) is 1. The van der Waals surface area contributed by atoms with Crippen molar-refractivity contribution >= 4 is 11.6 Å². The van der Waals surface area contributed by atoms with Crippen molar-refractivity contribution in [2.75, 3.05) is 46.1 Å². The highest BCUT2D eigenvalue weighted by Gasteiger charge is 2.14. The fraction of sp³-hybridized carbons (Fsp3) is 0.500. The number of benzene rings is 1. The van der Waals surface area contributed by atoms with Crippen LogP contribution < -0.4 is 11.1 Å². The van der Waals surface area contributed by atoms with Crippen molar-refractivity contribution in [2.45, 2.75) is 6.10 Å². The number of carbonyl (C=O) groups excluding carboxylic acids is 1. The minimum atomic E-state index is -0.715. The Kier molecular flexibility index (Phi) is 7.00. The van der Waals surface area contributed by atoms with E-state index in [1.165, 1.54) is 0 Å². The van der Waals surface area contributed by atoms with Gasteiger partial charge in [-0.05, 0) is 13.1 Å². The van der Waals surface area contributed by atoms with Gasteiger partial charge in [-0.2, -0.15) is 0 Å². The third-order valence-corrected chi connectivity index (χ3v) is 2.88. The number of ether oxygens (including phenoxy) is 1. The van der Waals surface area contributed by atoms with Gasteiger partial charge in [0.15, 0.2) is 0 Å². The molecule has 4 N–H and O–H groups in total. The molecule has 0 fully saturated rings. The zero-order valence-electron chi connectivity index (χ0n) is 12.0. The van der Waals surface area contributed by atoms with Crippen LogP contribution in [0.4, 0.5) is 5.69 Å². The molecule has 20 heavy (non-hydrogen) atoms. The van der Waals surface area contributed by atoms with Gasteiger partial charge < -0.3 is 20.9 Å². The summed E-state index contributed by atoms with van der Waals surface area (Å²) in [6.07, 6.45) is -0.715. The molecule has 112 valence electrons. The molecule has 0 aliphatic rings. The molecular formula is C14H23N3O3. The van der Waals surface area contributed by atoms with Gasteiger partial charge in [0, 0.05) is 31.5 Å². The van der Waals surface area contributed by atoms with Crippen LogP contribution in [-0.4, -0.2) is 56.3 Å². The number of nitrogens with one attached hydrogen (secondary N) is 1. The smallest absolute Gasteiger partial charge is 0.234 e. The largest absolute Gasteiger partial charge is 0.398 e. The van der Waals surface area contributed by atoms with Crippen molar-refractivity contribution in [3.63, 3.8) is 0 Å². The van der Waals surface area contributed by atoms with E-state index in [0.29, 0.717) is 30.9 Å². The Labute approximate surface area is 119 Å². The Hall–Kier alpha value is -1.63. The highest BCUT2D eigenvalue weighted by molar-refractivity contribution is 5.77. The number of rotatable bonds is 8. The van der Waals surface area contributed by atoms with Gasteiger partial charge >= 0.3 is 0 Å². The second kappa shape index (κ2) is 8.52. The summed E-state index contributed by atoms with van der Waals surface area (Å²) >= 11 is 0. The normalized spacial score (nSPS) is 12.4. The molecule has 0 aliphatic heterocycles. The lowest BCUT2D eigenvalue weighted by atomic mass is 10.1. The number of likely N-dealkylation sites (N-methyl/N-ethyl adjacent to an activating group) is 1. The molecule has 1 unspecified atom stereocenters. The first-order valence-corrected chi connectivity index (χ1v) is 6.51. The maximum absolute atomic E-state index is 11.6. The molecule has 1 aromatic carbocycles. The van der Waals surface area contributed by atoms with E-state index in [-0.39, 0.29) is 12.5 Å². The molecule has 0 aromatic heterocycles. The van der Waals surface area contributed by atoms with E-state index in [4.69, 9.17) is 10.5 Å². The van der Waals surface area contributed by atoms with Crippen molar-refractivity contribution < 1.29 is 14.6 Å². The van der Waals surface area contributed by atoms with Gasteiger partial charge in [-0.1, -0.05) is 18.2 Å². The molecule has 0 saturated carbocycles. The van der Waals surface area contributed by atoms with Crippen molar-refractivity contribution in [3.8, 4) is 0 Å². The van der Waals surface area contributed by atoms with Gasteiger partial charge in [0.25, 0.3) is 0 Å². The van der Waals surface area contributed by atoms with Crippen molar-refractivity contribution in [1.82, 2.24) is 10.2 Å². The van der Waals surface area contributed by atoms with Crippen LogP contribution in [0.15, 0.2) is 24.3 Å². The molecule has 0 aliphatic carbocycles. The van der Waals surface area contributed by atoms with Crippen LogP contribution in [0.25, 0.3) is 0 Å². The summed E-state index contributed by atoms with van der Waals surface area (Å²) in [6.45, 7) is 1.52. The Morgan fingerprint density at radius 2 is 2.20 bits per heavy atom. The fourth-order valence-electron chi connectivity index (χ4n) is 1.87. The van der Waals surface area contributed by atoms with E-state index in [9.17, 15) is 9.90 Å². The molecule has 1 amide bonds. The van der Waals surface area contributed by atoms with Gasteiger partial charge in [-0.15, -0.1) is 0 Å². The number of nitrogens with two attached hydrogens (primary N) is 1. The predicted molar refractivity (Wildman–Crippen MR) is 78.2 cm³/mol. The average Bonchev–Trinajstić information content (AvgIpc) is 2.39. The van der Waals surface area contributed by atoms with Gasteiger partial charge in [0.2, 0.25) is 5.91 Å². The van der Waals surface area contributed by atoms with Crippen LogP contribution >= 0.6 is 0 Å². The van der Waals surface area contributed by atoms with Gasteiger partial charge in [-0.25, -0.2) is 0 Å². The Balaban J connectivity index is 2.40. The first kappa shape index (κ1) is 16.4. The number of carbonyl (C=O) groups is 1. The summed E-state index contributed by atoms with van der Waals surface area (Å²) in [7, 11) is 3.36. The topological polar surface area (TPSA) is 87.8 Å². The molecule has 6 nitrogen and oxygen atoms in total. The quantitative estimate of drug-likeness (QED) is 0.461.